The number of nitrogens with zero attached hydrogens (tertiary/aromatic N) is 2. The Bertz CT molecular complexity index is 620. The molecule has 100 valence electrons. The van der Waals surface area contributed by atoms with E-state index in [1.165, 1.54) is 16.8 Å². The summed E-state index contributed by atoms with van der Waals surface area (Å²) in [5.74, 6) is -3.05. The van der Waals surface area contributed by atoms with Gasteiger partial charge < -0.3 is 0 Å². The molecule has 0 amide bonds. The molecular formula is C13H10BrF3N2. The number of benzene rings is 1. The van der Waals surface area contributed by atoms with Crippen molar-refractivity contribution in [3.8, 4) is 11.3 Å². The highest BCUT2D eigenvalue weighted by Crippen LogP contribution is 2.37. The number of halogens is 4. The van der Waals surface area contributed by atoms with E-state index in [-0.39, 0.29) is 18.7 Å². The van der Waals surface area contributed by atoms with Gasteiger partial charge >= 0.3 is 0 Å². The van der Waals surface area contributed by atoms with Crippen molar-refractivity contribution in [2.75, 3.05) is 0 Å². The second kappa shape index (κ2) is 4.37. The van der Waals surface area contributed by atoms with E-state index < -0.39 is 12.5 Å². The maximum absolute atomic E-state index is 13.4. The first-order chi connectivity index (χ1) is 8.96. The number of alkyl halides is 2. The molecule has 0 radical (unpaired) electrons. The van der Waals surface area contributed by atoms with Crippen LogP contribution >= 0.6 is 15.9 Å². The van der Waals surface area contributed by atoms with Crippen molar-refractivity contribution in [2.45, 2.75) is 25.3 Å². The molecular weight excluding hydrogens is 321 g/mol. The van der Waals surface area contributed by atoms with Gasteiger partial charge in [0.2, 0.25) is 0 Å². The van der Waals surface area contributed by atoms with Gasteiger partial charge in [-0.15, -0.1) is 0 Å². The molecule has 0 bridgehead atoms. The molecule has 0 saturated heterocycles. The van der Waals surface area contributed by atoms with Crippen molar-refractivity contribution in [3.63, 3.8) is 0 Å². The summed E-state index contributed by atoms with van der Waals surface area (Å²) < 4.78 is 41.7. The average Bonchev–Trinajstić information content (AvgIpc) is 2.65. The van der Waals surface area contributed by atoms with Crippen molar-refractivity contribution >= 4 is 15.9 Å². The van der Waals surface area contributed by atoms with Gasteiger partial charge in [-0.3, -0.25) is 4.68 Å². The molecule has 1 aliphatic heterocycles. The third-order valence-electron chi connectivity index (χ3n) is 3.22. The van der Waals surface area contributed by atoms with Crippen LogP contribution in [0.25, 0.3) is 11.3 Å². The van der Waals surface area contributed by atoms with Crippen molar-refractivity contribution < 1.29 is 13.2 Å². The Morgan fingerprint density at radius 2 is 1.89 bits per heavy atom. The lowest BCUT2D eigenvalue weighted by molar-refractivity contribution is -0.0379. The first kappa shape index (κ1) is 12.7. The van der Waals surface area contributed by atoms with E-state index in [4.69, 9.17) is 0 Å². The van der Waals surface area contributed by atoms with E-state index in [0.29, 0.717) is 11.3 Å². The fraction of sp³-hybridized carbons (Fsp3) is 0.308. The van der Waals surface area contributed by atoms with Crippen LogP contribution < -0.4 is 0 Å². The highest BCUT2D eigenvalue weighted by molar-refractivity contribution is 9.10. The molecule has 2 heterocycles. The minimum atomic E-state index is -2.71. The third kappa shape index (κ3) is 2.29. The summed E-state index contributed by atoms with van der Waals surface area (Å²) in [6, 6.07) is 5.84. The molecule has 2 aromatic rings. The van der Waals surface area contributed by atoms with Crippen LogP contribution in [-0.4, -0.2) is 15.7 Å². The van der Waals surface area contributed by atoms with Crippen molar-refractivity contribution in [1.29, 1.82) is 0 Å². The Kier molecular flexibility index (Phi) is 2.92. The van der Waals surface area contributed by atoms with Crippen LogP contribution in [0.1, 0.15) is 12.1 Å². The molecule has 3 rings (SSSR count). The maximum atomic E-state index is 13.4. The number of hydrogen-bond acceptors (Lipinski definition) is 1. The van der Waals surface area contributed by atoms with Gasteiger partial charge in [-0.1, -0.05) is 0 Å². The molecule has 0 spiro atoms. The van der Waals surface area contributed by atoms with Gasteiger partial charge in [0, 0.05) is 12.0 Å². The predicted octanol–water partition coefficient (Wildman–Crippen LogP) is 4.03. The van der Waals surface area contributed by atoms with Gasteiger partial charge in [0.25, 0.3) is 5.92 Å². The number of rotatable bonds is 1. The summed E-state index contributed by atoms with van der Waals surface area (Å²) in [5, 5.41) is 4.21. The Morgan fingerprint density at radius 1 is 1.21 bits per heavy atom. The first-order valence-electron chi connectivity index (χ1n) is 5.85. The zero-order valence-corrected chi connectivity index (χ0v) is 11.4. The highest BCUT2D eigenvalue weighted by atomic mass is 79.9. The van der Waals surface area contributed by atoms with Crippen molar-refractivity contribution in [3.05, 3.63) is 40.2 Å². The molecule has 1 aromatic carbocycles. The van der Waals surface area contributed by atoms with Crippen LogP contribution in [0.2, 0.25) is 0 Å². The molecule has 0 unspecified atom stereocenters. The molecule has 0 aliphatic carbocycles. The Balaban J connectivity index is 2.05. The largest absolute Gasteiger partial charge is 0.267 e. The maximum Gasteiger partial charge on any atom is 0.267 e. The van der Waals surface area contributed by atoms with E-state index in [1.54, 1.807) is 12.1 Å². The summed E-state index contributed by atoms with van der Waals surface area (Å²) in [7, 11) is 0. The average molecular weight is 331 g/mol. The topological polar surface area (TPSA) is 17.8 Å². The molecule has 1 aliphatic rings. The Morgan fingerprint density at radius 3 is 2.58 bits per heavy atom. The Labute approximate surface area is 116 Å². The standard InChI is InChI=1S/C13H10BrF3N2/c14-11-10-5-6-13(16,17)7-19(10)18-12(11)8-1-3-9(15)4-2-8/h1-4H,5-7H2. The lowest BCUT2D eigenvalue weighted by Crippen LogP contribution is -2.31. The van der Waals surface area contributed by atoms with Crippen molar-refractivity contribution in [1.82, 2.24) is 9.78 Å². The van der Waals surface area contributed by atoms with Gasteiger partial charge in [-0.05, 0) is 46.6 Å². The zero-order valence-electron chi connectivity index (χ0n) is 9.84. The smallest absolute Gasteiger partial charge is 0.262 e. The Hall–Kier alpha value is -1.30. The van der Waals surface area contributed by atoms with Gasteiger partial charge in [-0.25, -0.2) is 13.2 Å². The van der Waals surface area contributed by atoms with Gasteiger partial charge in [0.1, 0.15) is 18.1 Å². The number of aromatic nitrogens is 2. The minimum Gasteiger partial charge on any atom is -0.262 e. The molecule has 2 nitrogen and oxygen atoms in total. The SMILES string of the molecule is Fc1ccc(-c2nn3c(c2Br)CCC(F)(F)C3)cc1. The number of fused-ring (bicyclic) bond motifs is 1. The van der Waals surface area contributed by atoms with Crippen LogP contribution in [0.4, 0.5) is 13.2 Å². The van der Waals surface area contributed by atoms with Crippen molar-refractivity contribution in [2.24, 2.45) is 0 Å². The van der Waals surface area contributed by atoms with E-state index in [1.807, 2.05) is 0 Å². The summed E-state index contributed by atoms with van der Waals surface area (Å²) in [6.07, 6.45) is 0.113. The predicted molar refractivity (Wildman–Crippen MR) is 68.6 cm³/mol. The fourth-order valence-electron chi connectivity index (χ4n) is 2.24. The van der Waals surface area contributed by atoms with Crippen LogP contribution in [0.15, 0.2) is 28.7 Å². The molecule has 6 heteroatoms. The summed E-state index contributed by atoms with van der Waals surface area (Å²) in [6.45, 7) is -0.401. The molecule has 0 N–H and O–H groups in total. The van der Waals surface area contributed by atoms with Gasteiger partial charge in [-0.2, -0.15) is 5.10 Å². The highest BCUT2D eigenvalue weighted by Gasteiger charge is 2.36. The lowest BCUT2D eigenvalue weighted by atomic mass is 10.1. The third-order valence-corrected chi connectivity index (χ3v) is 4.05. The lowest BCUT2D eigenvalue weighted by Gasteiger charge is -2.22. The van der Waals surface area contributed by atoms with Crippen LogP contribution in [-0.2, 0) is 13.0 Å². The summed E-state index contributed by atoms with van der Waals surface area (Å²) in [4.78, 5) is 0. The summed E-state index contributed by atoms with van der Waals surface area (Å²) >= 11 is 3.41. The van der Waals surface area contributed by atoms with Gasteiger partial charge in [0.15, 0.2) is 0 Å². The normalized spacial score (nSPS) is 17.3. The number of hydrogen-bond donors (Lipinski definition) is 0. The molecule has 19 heavy (non-hydrogen) atoms. The van der Waals surface area contributed by atoms with Crippen LogP contribution in [0.3, 0.4) is 0 Å². The monoisotopic (exact) mass is 330 g/mol. The van der Waals surface area contributed by atoms with E-state index in [2.05, 4.69) is 21.0 Å². The molecule has 0 atom stereocenters. The second-order valence-corrected chi connectivity index (χ2v) is 5.42. The molecule has 0 saturated carbocycles. The second-order valence-electron chi connectivity index (χ2n) is 4.63. The minimum absolute atomic E-state index is 0.167. The quantitative estimate of drug-likeness (QED) is 0.771. The van der Waals surface area contributed by atoms with E-state index in [0.717, 1.165) is 10.2 Å². The zero-order chi connectivity index (χ0) is 13.6. The molecule has 0 fully saturated rings. The van der Waals surface area contributed by atoms with Crippen LogP contribution in [0, 0.1) is 5.82 Å². The van der Waals surface area contributed by atoms with Crippen LogP contribution in [0.5, 0.6) is 0 Å². The van der Waals surface area contributed by atoms with E-state index >= 15 is 0 Å². The molecule has 1 aromatic heterocycles. The van der Waals surface area contributed by atoms with E-state index in [9.17, 15) is 13.2 Å². The summed E-state index contributed by atoms with van der Waals surface area (Å²) in [5.41, 5.74) is 2.05. The van der Waals surface area contributed by atoms with Gasteiger partial charge in [0.05, 0.1) is 10.2 Å². The first-order valence-corrected chi connectivity index (χ1v) is 6.64. The fourth-order valence-corrected chi connectivity index (χ4v) is 2.95.